The predicted octanol–water partition coefficient (Wildman–Crippen LogP) is -3.46. The second-order valence-corrected chi connectivity index (χ2v) is 1.12. The Balaban J connectivity index is 0. The van der Waals surface area contributed by atoms with Gasteiger partial charge >= 0.3 is 29.6 Å². The van der Waals surface area contributed by atoms with E-state index >= 15 is 0 Å². The van der Waals surface area contributed by atoms with Crippen molar-refractivity contribution < 1.29 is 39.5 Å². The normalized spacial score (nSPS) is 7.00. The van der Waals surface area contributed by atoms with Crippen molar-refractivity contribution in [3.8, 4) is 0 Å². The Kier molecular flexibility index (Phi) is 9.66. The van der Waals surface area contributed by atoms with E-state index in [1.807, 2.05) is 0 Å². The number of hydrogen-bond acceptors (Lipinski definition) is 2. The van der Waals surface area contributed by atoms with Crippen molar-refractivity contribution in [1.82, 2.24) is 0 Å². The quantitative estimate of drug-likeness (QED) is 0.275. The van der Waals surface area contributed by atoms with Crippen LogP contribution in [0.15, 0.2) is 0 Å². The molecule has 0 aromatic rings. The monoisotopic (exact) mass is 112 g/mol. The van der Waals surface area contributed by atoms with Gasteiger partial charge in [0, 0.05) is 5.97 Å². The molecule has 0 fully saturated rings. The first-order chi connectivity index (χ1) is 2.77. The Morgan fingerprint density at radius 2 is 2.14 bits per heavy atom. The molecule has 0 aromatic carbocycles. The van der Waals surface area contributed by atoms with Crippen LogP contribution >= 0.6 is 0 Å². The van der Waals surface area contributed by atoms with Crippen LogP contribution in [-0.2, 0) is 4.79 Å². The zero-order valence-electron chi connectivity index (χ0n) is 4.73. The van der Waals surface area contributed by atoms with E-state index in [4.69, 9.17) is 0 Å². The molecule has 7 heavy (non-hydrogen) atoms. The minimum atomic E-state index is -0.961. The molecule has 0 spiro atoms. The van der Waals surface area contributed by atoms with Gasteiger partial charge in [0.1, 0.15) is 0 Å². The summed E-state index contributed by atoms with van der Waals surface area (Å²) < 4.78 is 0. The van der Waals surface area contributed by atoms with E-state index in [9.17, 15) is 9.90 Å². The molecule has 0 saturated heterocycles. The fourth-order valence-electron chi connectivity index (χ4n) is 0.204. The van der Waals surface area contributed by atoms with Gasteiger partial charge in [-0.05, 0) is 6.42 Å². The minimum absolute atomic E-state index is 0. The van der Waals surface area contributed by atoms with Gasteiger partial charge in [-0.1, -0.05) is 13.3 Å². The fraction of sp³-hybridized carbons (Fsp3) is 0.750. The fourth-order valence-corrected chi connectivity index (χ4v) is 0.204. The molecule has 0 atom stereocenters. The van der Waals surface area contributed by atoms with E-state index in [1.54, 1.807) is 6.92 Å². The summed E-state index contributed by atoms with van der Waals surface area (Å²) in [7, 11) is 0. The molecule has 0 aliphatic rings. The van der Waals surface area contributed by atoms with Crippen molar-refractivity contribution in [1.29, 1.82) is 0 Å². The molecule has 0 aliphatic heterocycles. The van der Waals surface area contributed by atoms with E-state index in [1.165, 1.54) is 0 Å². The summed E-state index contributed by atoms with van der Waals surface area (Å²) in [5.74, 6) is -0.961. The van der Waals surface area contributed by atoms with Crippen molar-refractivity contribution in [3.63, 3.8) is 0 Å². The molecule has 0 N–H and O–H groups in total. The average molecular weight is 112 g/mol. The molecule has 36 valence electrons. The van der Waals surface area contributed by atoms with Crippen LogP contribution < -0.4 is 34.7 Å². The number of carboxylic acids is 1. The van der Waals surface area contributed by atoms with E-state index in [0.717, 1.165) is 0 Å². The number of carbonyl (C=O) groups excluding carboxylic acids is 1. The Labute approximate surface area is 65.2 Å². The summed E-state index contributed by atoms with van der Waals surface area (Å²) in [6, 6.07) is 0. The van der Waals surface area contributed by atoms with Crippen LogP contribution in [0.3, 0.4) is 0 Å². The van der Waals surface area contributed by atoms with Crippen LogP contribution in [-0.4, -0.2) is 5.97 Å². The third-order valence-corrected chi connectivity index (χ3v) is 0.454. The van der Waals surface area contributed by atoms with Gasteiger partial charge in [-0.25, -0.2) is 0 Å². The van der Waals surface area contributed by atoms with Gasteiger partial charge < -0.3 is 9.90 Å². The first kappa shape index (κ1) is 10.5. The molecule has 0 saturated carbocycles. The maximum atomic E-state index is 9.49. The third kappa shape index (κ3) is 10.7. The Morgan fingerprint density at radius 1 is 1.71 bits per heavy atom. The summed E-state index contributed by atoms with van der Waals surface area (Å²) in [4.78, 5) is 9.49. The smallest absolute Gasteiger partial charge is 0.550 e. The molecule has 0 bridgehead atoms. The van der Waals surface area contributed by atoms with E-state index in [0.29, 0.717) is 6.42 Å². The standard InChI is InChI=1S/C4H8O2.Na/c1-2-3-4(5)6;/h2-3H2,1H3,(H,5,6);/q;+1/p-1/i3+1,4+1;. The number of hydrogen-bond donors (Lipinski definition) is 0. The van der Waals surface area contributed by atoms with Crippen LogP contribution in [0.5, 0.6) is 0 Å². The molecule has 2 nitrogen and oxygen atoms in total. The Hall–Kier alpha value is 0.470. The molecule has 0 aliphatic carbocycles. The maximum absolute atomic E-state index is 9.49. The van der Waals surface area contributed by atoms with Gasteiger partial charge in [-0.2, -0.15) is 0 Å². The van der Waals surface area contributed by atoms with Crippen molar-refractivity contribution >= 4 is 5.97 Å². The largest absolute Gasteiger partial charge is 1.00 e. The van der Waals surface area contributed by atoms with E-state index in [2.05, 4.69) is 0 Å². The SMILES string of the molecule is CC[13CH2][13C](=O)[O-].[Na+]. The summed E-state index contributed by atoms with van der Waals surface area (Å²) in [6.07, 6.45) is 0.850. The zero-order chi connectivity index (χ0) is 4.99. The van der Waals surface area contributed by atoms with Gasteiger partial charge in [-0.15, -0.1) is 0 Å². The maximum Gasteiger partial charge on any atom is 1.00 e. The molecule has 0 radical (unpaired) electrons. The number of carbonyl (C=O) groups is 1. The van der Waals surface area contributed by atoms with Gasteiger partial charge in [0.25, 0.3) is 0 Å². The number of aliphatic carboxylic acids is 1. The van der Waals surface area contributed by atoms with Gasteiger partial charge in [0.2, 0.25) is 0 Å². The molecular formula is C4H7NaO2. The average Bonchev–Trinajstić information content (AvgIpc) is 1.35. The van der Waals surface area contributed by atoms with Crippen molar-refractivity contribution in [3.05, 3.63) is 0 Å². The first-order valence-corrected chi connectivity index (χ1v) is 1.97. The van der Waals surface area contributed by atoms with Crippen LogP contribution in [0.25, 0.3) is 0 Å². The third-order valence-electron chi connectivity index (χ3n) is 0.454. The van der Waals surface area contributed by atoms with Crippen molar-refractivity contribution in [2.75, 3.05) is 0 Å². The van der Waals surface area contributed by atoms with Crippen LogP contribution in [0, 0.1) is 0 Å². The van der Waals surface area contributed by atoms with Crippen LogP contribution in [0.2, 0.25) is 0 Å². The van der Waals surface area contributed by atoms with Gasteiger partial charge in [0.05, 0.1) is 0 Å². The van der Waals surface area contributed by atoms with Crippen molar-refractivity contribution in [2.45, 2.75) is 19.8 Å². The first-order valence-electron chi connectivity index (χ1n) is 1.97. The summed E-state index contributed by atoms with van der Waals surface area (Å²) in [5.41, 5.74) is 0. The molecule has 0 rings (SSSR count). The van der Waals surface area contributed by atoms with Crippen molar-refractivity contribution in [2.24, 2.45) is 0 Å². The summed E-state index contributed by atoms with van der Waals surface area (Å²) >= 11 is 0. The second kappa shape index (κ2) is 6.47. The minimum Gasteiger partial charge on any atom is -0.550 e. The molecule has 0 aromatic heterocycles. The van der Waals surface area contributed by atoms with E-state index in [-0.39, 0.29) is 36.0 Å². The molecule has 0 heterocycles. The predicted molar refractivity (Wildman–Crippen MR) is 19.9 cm³/mol. The zero-order valence-corrected chi connectivity index (χ0v) is 6.73. The summed E-state index contributed by atoms with van der Waals surface area (Å²) in [6.45, 7) is 1.80. The van der Waals surface area contributed by atoms with Crippen LogP contribution in [0.1, 0.15) is 19.8 Å². The van der Waals surface area contributed by atoms with Crippen LogP contribution in [0.4, 0.5) is 0 Å². The van der Waals surface area contributed by atoms with Gasteiger partial charge in [0.15, 0.2) is 0 Å². The van der Waals surface area contributed by atoms with Gasteiger partial charge in [-0.3, -0.25) is 0 Å². The van der Waals surface area contributed by atoms with E-state index < -0.39 is 5.97 Å². The number of rotatable bonds is 2. The second-order valence-electron chi connectivity index (χ2n) is 1.12. The topological polar surface area (TPSA) is 40.1 Å². The Bertz CT molecular complexity index is 53.7. The molecule has 3 heteroatoms. The number of carboxylic acid groups (broad SMARTS) is 1. The molecule has 0 amide bonds. The summed E-state index contributed by atoms with van der Waals surface area (Å²) in [5, 5.41) is 9.49. The molecular weight excluding hydrogens is 105 g/mol. The Morgan fingerprint density at radius 3 is 2.14 bits per heavy atom. The molecule has 0 unspecified atom stereocenters.